The molecule has 0 aromatic carbocycles. The molecule has 0 saturated carbocycles. The minimum absolute atomic E-state index is 0.157. The zero-order valence-electron chi connectivity index (χ0n) is 18.6. The van der Waals surface area contributed by atoms with Crippen LogP contribution in [0.15, 0.2) is 31.8 Å². The highest BCUT2D eigenvalue weighted by Crippen LogP contribution is 1.99. The topological polar surface area (TPSA) is 220 Å². The lowest BCUT2D eigenvalue weighted by Gasteiger charge is -2.05. The van der Waals surface area contributed by atoms with Crippen molar-refractivity contribution in [3.8, 4) is 0 Å². The van der Waals surface area contributed by atoms with Crippen molar-refractivity contribution in [3.63, 3.8) is 0 Å². The van der Waals surface area contributed by atoms with Gasteiger partial charge < -0.3 is 20.2 Å². The van der Waals surface area contributed by atoms with Crippen LogP contribution in [0.4, 0.5) is 0 Å². The quantitative estimate of drug-likeness (QED) is 0.252. The van der Waals surface area contributed by atoms with Crippen LogP contribution < -0.4 is 22.5 Å². The molecule has 0 radical (unpaired) electrons. The SMILES string of the molecule is CC(=O)O.Cn1c(=O)c2[nH]cnc2n(C)c1=O.Cn1c(=O)n(CCC(=O)O)c(=O)c2[nH]cnc21. The van der Waals surface area contributed by atoms with E-state index in [2.05, 4.69) is 19.9 Å². The Hall–Kier alpha value is -4.76. The number of H-pyrrole nitrogens is 2. The maximum Gasteiger partial charge on any atom is 0.332 e. The van der Waals surface area contributed by atoms with Crippen LogP contribution in [-0.4, -0.2) is 60.4 Å². The van der Waals surface area contributed by atoms with Crippen LogP contribution in [0.3, 0.4) is 0 Å². The van der Waals surface area contributed by atoms with E-state index < -0.39 is 23.2 Å². The molecule has 0 aliphatic carbocycles. The van der Waals surface area contributed by atoms with Crippen LogP contribution in [0, 0.1) is 0 Å². The number of carbonyl (C=O) groups is 2. The number of carboxylic acid groups (broad SMARTS) is 2. The summed E-state index contributed by atoms with van der Waals surface area (Å²) in [5.74, 6) is -1.90. The van der Waals surface area contributed by atoms with E-state index in [4.69, 9.17) is 15.0 Å². The molecular formula is C18H22N8O8. The molecule has 0 spiro atoms. The van der Waals surface area contributed by atoms with E-state index in [9.17, 15) is 24.0 Å². The van der Waals surface area contributed by atoms with Crippen molar-refractivity contribution in [2.24, 2.45) is 21.1 Å². The van der Waals surface area contributed by atoms with Crippen molar-refractivity contribution in [1.29, 1.82) is 0 Å². The van der Waals surface area contributed by atoms with Crippen molar-refractivity contribution in [2.75, 3.05) is 0 Å². The molecule has 16 heteroatoms. The fourth-order valence-electron chi connectivity index (χ4n) is 2.87. The molecule has 4 aromatic rings. The fourth-order valence-corrected chi connectivity index (χ4v) is 2.87. The van der Waals surface area contributed by atoms with Crippen LogP contribution in [0.5, 0.6) is 0 Å². The minimum atomic E-state index is -1.07. The van der Waals surface area contributed by atoms with Gasteiger partial charge in [0.1, 0.15) is 11.0 Å². The van der Waals surface area contributed by atoms with Crippen molar-refractivity contribution >= 4 is 34.3 Å². The highest BCUT2D eigenvalue weighted by Gasteiger charge is 2.13. The lowest BCUT2D eigenvalue weighted by atomic mass is 10.4. The Morgan fingerprint density at radius 2 is 1.26 bits per heavy atom. The summed E-state index contributed by atoms with van der Waals surface area (Å²) in [5, 5.41) is 16.0. The number of hydrogen-bond acceptors (Lipinski definition) is 8. The second kappa shape index (κ2) is 10.2. The summed E-state index contributed by atoms with van der Waals surface area (Å²) in [6, 6.07) is 0. The molecule has 0 fully saturated rings. The number of carboxylic acids is 2. The molecule has 0 amide bonds. The molecule has 0 saturated heterocycles. The first-order valence-corrected chi connectivity index (χ1v) is 9.51. The Balaban J connectivity index is 0.000000213. The van der Waals surface area contributed by atoms with Gasteiger partial charge in [-0.15, -0.1) is 0 Å². The number of rotatable bonds is 3. The van der Waals surface area contributed by atoms with Gasteiger partial charge in [0.25, 0.3) is 17.1 Å². The van der Waals surface area contributed by atoms with Crippen LogP contribution in [-0.2, 0) is 37.3 Å². The van der Waals surface area contributed by atoms with Gasteiger partial charge in [0, 0.05) is 34.6 Å². The van der Waals surface area contributed by atoms with E-state index in [1.807, 2.05) is 0 Å². The number of fused-ring (bicyclic) bond motifs is 2. The van der Waals surface area contributed by atoms with Crippen molar-refractivity contribution in [3.05, 3.63) is 54.3 Å². The lowest BCUT2D eigenvalue weighted by molar-refractivity contribution is -0.137. The Kier molecular flexibility index (Phi) is 7.68. The van der Waals surface area contributed by atoms with Crippen LogP contribution in [0.2, 0.25) is 0 Å². The molecule has 182 valence electrons. The molecule has 16 nitrogen and oxygen atoms in total. The van der Waals surface area contributed by atoms with E-state index in [-0.39, 0.29) is 35.4 Å². The number of imidazole rings is 2. The van der Waals surface area contributed by atoms with Gasteiger partial charge in [-0.2, -0.15) is 0 Å². The van der Waals surface area contributed by atoms with Gasteiger partial charge in [-0.3, -0.25) is 37.4 Å². The zero-order valence-corrected chi connectivity index (χ0v) is 18.6. The van der Waals surface area contributed by atoms with Gasteiger partial charge >= 0.3 is 17.3 Å². The standard InChI is InChI=1S/C9H10N4O4.C7H8N4O2.C2H4O2/c1-12-7-6(10-4-11-7)8(16)13(9(12)17)3-2-5(14)15;1-10-5-4(8-3-9-5)6(12)11(2)7(10)13;1-2(3)4/h4H,2-3H2,1H3,(H,10,11)(H,14,15);3H,1-2H3,(H,8,9);1H3,(H,3,4). The van der Waals surface area contributed by atoms with Crippen molar-refractivity contribution < 1.29 is 19.8 Å². The van der Waals surface area contributed by atoms with E-state index >= 15 is 0 Å². The number of aliphatic carboxylic acids is 2. The average molecular weight is 478 g/mol. The maximum absolute atomic E-state index is 11.9. The predicted molar refractivity (Wildman–Crippen MR) is 118 cm³/mol. The maximum atomic E-state index is 11.9. The van der Waals surface area contributed by atoms with E-state index in [1.165, 1.54) is 35.9 Å². The third-order valence-electron chi connectivity index (χ3n) is 4.49. The lowest BCUT2D eigenvalue weighted by Crippen LogP contribution is -2.39. The summed E-state index contributed by atoms with van der Waals surface area (Å²) >= 11 is 0. The fraction of sp³-hybridized carbons (Fsp3) is 0.333. The molecule has 0 unspecified atom stereocenters. The van der Waals surface area contributed by atoms with Crippen molar-refractivity contribution in [1.82, 2.24) is 38.2 Å². The van der Waals surface area contributed by atoms with Gasteiger partial charge in [0.15, 0.2) is 11.3 Å². The van der Waals surface area contributed by atoms with Gasteiger partial charge in [0.05, 0.1) is 19.1 Å². The summed E-state index contributed by atoms with van der Waals surface area (Å²) in [4.78, 5) is 79.0. The zero-order chi connectivity index (χ0) is 25.7. The first-order valence-electron chi connectivity index (χ1n) is 9.51. The molecule has 0 aliphatic rings. The highest BCUT2D eigenvalue weighted by molar-refractivity contribution is 5.69. The molecule has 0 atom stereocenters. The predicted octanol–water partition coefficient (Wildman–Crippen LogP) is -2.05. The van der Waals surface area contributed by atoms with E-state index in [0.717, 1.165) is 16.1 Å². The molecular weight excluding hydrogens is 456 g/mol. The van der Waals surface area contributed by atoms with E-state index in [1.54, 1.807) is 7.05 Å². The summed E-state index contributed by atoms with van der Waals surface area (Å²) in [6.07, 6.45) is 2.42. The molecule has 0 bridgehead atoms. The number of nitrogens with one attached hydrogen (secondary N) is 2. The second-order valence-electron chi connectivity index (χ2n) is 6.87. The molecule has 4 aromatic heterocycles. The molecule has 4 heterocycles. The van der Waals surface area contributed by atoms with Crippen LogP contribution in [0.25, 0.3) is 22.3 Å². The number of hydrogen-bond donors (Lipinski definition) is 4. The van der Waals surface area contributed by atoms with Crippen molar-refractivity contribution in [2.45, 2.75) is 19.9 Å². The number of aryl methyl sites for hydroxylation is 2. The largest absolute Gasteiger partial charge is 0.481 e. The Morgan fingerprint density at radius 3 is 1.74 bits per heavy atom. The van der Waals surface area contributed by atoms with E-state index in [0.29, 0.717) is 11.2 Å². The number of nitrogens with zero attached hydrogens (tertiary/aromatic N) is 6. The normalized spacial score (nSPS) is 10.4. The molecule has 4 N–H and O–H groups in total. The summed E-state index contributed by atoms with van der Waals surface area (Å²) < 4.78 is 4.46. The van der Waals surface area contributed by atoms with Gasteiger partial charge in [0.2, 0.25) is 0 Å². The Morgan fingerprint density at radius 1 is 0.824 bits per heavy atom. The third-order valence-corrected chi connectivity index (χ3v) is 4.49. The Labute approximate surface area is 188 Å². The van der Waals surface area contributed by atoms with Gasteiger partial charge in [-0.1, -0.05) is 0 Å². The Bertz CT molecular complexity index is 1590. The summed E-state index contributed by atoms with van der Waals surface area (Å²) in [6.45, 7) is 0.926. The second-order valence-corrected chi connectivity index (χ2v) is 6.87. The smallest absolute Gasteiger partial charge is 0.332 e. The van der Waals surface area contributed by atoms with Crippen LogP contribution in [0.1, 0.15) is 13.3 Å². The first-order chi connectivity index (χ1) is 15.9. The monoisotopic (exact) mass is 478 g/mol. The number of aromatic nitrogens is 8. The summed E-state index contributed by atoms with van der Waals surface area (Å²) in [5.41, 5.74) is -0.667. The average Bonchev–Trinajstić information content (AvgIpc) is 3.45. The first kappa shape index (κ1) is 25.5. The molecule has 4 rings (SSSR count). The molecule has 34 heavy (non-hydrogen) atoms. The summed E-state index contributed by atoms with van der Waals surface area (Å²) in [7, 11) is 4.48. The van der Waals surface area contributed by atoms with Crippen LogP contribution >= 0.6 is 0 Å². The van der Waals surface area contributed by atoms with Gasteiger partial charge in [-0.25, -0.2) is 19.6 Å². The van der Waals surface area contributed by atoms with Gasteiger partial charge in [-0.05, 0) is 0 Å². The molecule has 0 aliphatic heterocycles. The minimum Gasteiger partial charge on any atom is -0.481 e. The number of aromatic amines is 2. The third kappa shape index (κ3) is 5.17. The highest BCUT2D eigenvalue weighted by atomic mass is 16.4.